The van der Waals surface area contributed by atoms with Crippen LogP contribution in [0.5, 0.6) is 5.75 Å². The molecular formula is C14H20N6O3S. The highest BCUT2D eigenvalue weighted by atomic mass is 32.2. The van der Waals surface area contributed by atoms with E-state index in [0.29, 0.717) is 18.0 Å². The van der Waals surface area contributed by atoms with Gasteiger partial charge in [-0.25, -0.2) is 13.1 Å². The van der Waals surface area contributed by atoms with Crippen LogP contribution in [0.4, 0.5) is 0 Å². The van der Waals surface area contributed by atoms with Crippen LogP contribution in [0.1, 0.15) is 12.8 Å². The van der Waals surface area contributed by atoms with E-state index in [4.69, 9.17) is 4.74 Å². The van der Waals surface area contributed by atoms with E-state index in [-0.39, 0.29) is 4.90 Å². The van der Waals surface area contributed by atoms with Crippen molar-refractivity contribution in [2.45, 2.75) is 17.7 Å². The Morgan fingerprint density at radius 3 is 2.75 bits per heavy atom. The zero-order valence-corrected chi connectivity index (χ0v) is 14.2. The van der Waals surface area contributed by atoms with Crippen molar-refractivity contribution in [2.24, 2.45) is 0 Å². The molecule has 1 aromatic heterocycles. The van der Waals surface area contributed by atoms with Crippen molar-refractivity contribution in [2.75, 3.05) is 33.3 Å². The fourth-order valence-electron chi connectivity index (χ4n) is 2.71. The van der Waals surface area contributed by atoms with Gasteiger partial charge in [0.2, 0.25) is 10.0 Å². The minimum atomic E-state index is -3.59. The van der Waals surface area contributed by atoms with Gasteiger partial charge in [0, 0.05) is 19.2 Å². The molecule has 1 N–H and O–H groups in total. The number of rotatable bonds is 7. The largest absolute Gasteiger partial charge is 0.494 e. The zero-order chi connectivity index (χ0) is 17.0. The monoisotopic (exact) mass is 352 g/mol. The molecule has 0 spiro atoms. The minimum Gasteiger partial charge on any atom is -0.494 e. The van der Waals surface area contributed by atoms with Crippen molar-refractivity contribution in [3.05, 3.63) is 24.5 Å². The van der Waals surface area contributed by atoms with Gasteiger partial charge in [-0.1, -0.05) is 0 Å². The van der Waals surface area contributed by atoms with Gasteiger partial charge in [-0.15, -0.1) is 5.10 Å². The number of hydrogen-bond acceptors (Lipinski definition) is 7. The highest BCUT2D eigenvalue weighted by Crippen LogP contribution is 2.25. The Morgan fingerprint density at radius 2 is 2.08 bits per heavy atom. The first-order chi connectivity index (χ1) is 11.6. The summed E-state index contributed by atoms with van der Waals surface area (Å²) in [5, 5.41) is 10.9. The number of sulfonamides is 1. The van der Waals surface area contributed by atoms with E-state index in [1.807, 2.05) is 0 Å². The first-order valence-electron chi connectivity index (χ1n) is 7.73. The standard InChI is InChI=1S/C14H20N6O3S/c1-23-14-10-12(4-5-13(14)20-11-15-17-18-20)24(21,22)16-6-9-19-7-2-3-8-19/h4-5,10-11,16H,2-3,6-9H2,1H3. The third kappa shape index (κ3) is 3.71. The smallest absolute Gasteiger partial charge is 0.240 e. The van der Waals surface area contributed by atoms with Crippen LogP contribution in [0.25, 0.3) is 5.69 Å². The van der Waals surface area contributed by atoms with Gasteiger partial charge < -0.3 is 9.64 Å². The van der Waals surface area contributed by atoms with Crippen molar-refractivity contribution >= 4 is 10.0 Å². The molecule has 1 aliphatic heterocycles. The molecule has 2 heterocycles. The van der Waals surface area contributed by atoms with Crippen LogP contribution >= 0.6 is 0 Å². The Bertz CT molecular complexity index is 772. The van der Waals surface area contributed by atoms with E-state index < -0.39 is 10.0 Å². The third-order valence-corrected chi connectivity index (χ3v) is 5.43. The summed E-state index contributed by atoms with van der Waals surface area (Å²) in [4.78, 5) is 2.40. The molecule has 0 bridgehead atoms. The number of benzene rings is 1. The van der Waals surface area contributed by atoms with Gasteiger partial charge in [0.1, 0.15) is 17.8 Å². The first-order valence-corrected chi connectivity index (χ1v) is 9.22. The van der Waals surface area contributed by atoms with E-state index in [2.05, 4.69) is 25.1 Å². The van der Waals surface area contributed by atoms with E-state index in [1.165, 1.54) is 43.1 Å². The molecule has 0 saturated carbocycles. The number of nitrogens with zero attached hydrogens (tertiary/aromatic N) is 5. The second-order valence-corrected chi connectivity index (χ2v) is 7.30. The second-order valence-electron chi connectivity index (χ2n) is 5.53. The molecule has 0 unspecified atom stereocenters. The maximum atomic E-state index is 12.4. The molecule has 0 amide bonds. The highest BCUT2D eigenvalue weighted by molar-refractivity contribution is 7.89. The Labute approximate surface area is 140 Å². The molecule has 9 nitrogen and oxygen atoms in total. The molecule has 1 fully saturated rings. The van der Waals surface area contributed by atoms with Crippen LogP contribution in [-0.4, -0.2) is 66.8 Å². The summed E-state index contributed by atoms with van der Waals surface area (Å²) < 4.78 is 34.2. The number of nitrogens with one attached hydrogen (secondary N) is 1. The van der Waals surface area contributed by atoms with Gasteiger partial charge in [-0.05, 0) is 48.5 Å². The number of hydrogen-bond donors (Lipinski definition) is 1. The summed E-state index contributed by atoms with van der Waals surface area (Å²) in [6.07, 6.45) is 3.78. The number of ether oxygens (including phenoxy) is 1. The molecule has 1 aliphatic rings. The molecule has 0 radical (unpaired) electrons. The van der Waals surface area contributed by atoms with Crippen molar-refractivity contribution < 1.29 is 13.2 Å². The predicted molar refractivity (Wildman–Crippen MR) is 86.6 cm³/mol. The summed E-state index contributed by atoms with van der Waals surface area (Å²) >= 11 is 0. The number of methoxy groups -OCH3 is 1. The zero-order valence-electron chi connectivity index (χ0n) is 13.4. The van der Waals surface area contributed by atoms with Gasteiger partial charge in [-0.3, -0.25) is 0 Å². The molecule has 1 aromatic carbocycles. The van der Waals surface area contributed by atoms with E-state index in [0.717, 1.165) is 19.6 Å². The van der Waals surface area contributed by atoms with Gasteiger partial charge in [-0.2, -0.15) is 4.68 Å². The summed E-state index contributed by atoms with van der Waals surface area (Å²) in [7, 11) is -2.12. The Balaban J connectivity index is 1.72. The first kappa shape index (κ1) is 16.8. The maximum absolute atomic E-state index is 12.4. The molecule has 1 saturated heterocycles. The number of aromatic nitrogens is 4. The van der Waals surface area contributed by atoms with Gasteiger partial charge in [0.15, 0.2) is 0 Å². The van der Waals surface area contributed by atoms with Crippen LogP contribution in [0, 0.1) is 0 Å². The molecule has 24 heavy (non-hydrogen) atoms. The fourth-order valence-corrected chi connectivity index (χ4v) is 3.75. The lowest BCUT2D eigenvalue weighted by Crippen LogP contribution is -2.33. The summed E-state index contributed by atoms with van der Waals surface area (Å²) in [6, 6.07) is 4.59. The van der Waals surface area contributed by atoms with E-state index in [9.17, 15) is 8.42 Å². The van der Waals surface area contributed by atoms with Gasteiger partial charge >= 0.3 is 0 Å². The number of tetrazole rings is 1. The van der Waals surface area contributed by atoms with Crippen LogP contribution in [0.3, 0.4) is 0 Å². The SMILES string of the molecule is COc1cc(S(=O)(=O)NCCN2CCCC2)ccc1-n1cnnn1. The molecule has 0 atom stereocenters. The van der Waals surface area contributed by atoms with Crippen molar-refractivity contribution in [1.29, 1.82) is 0 Å². The quantitative estimate of drug-likeness (QED) is 0.751. The maximum Gasteiger partial charge on any atom is 0.240 e. The van der Waals surface area contributed by atoms with Crippen LogP contribution < -0.4 is 9.46 Å². The van der Waals surface area contributed by atoms with Crippen LogP contribution in [0.15, 0.2) is 29.4 Å². The molecule has 0 aliphatic carbocycles. The Morgan fingerprint density at radius 1 is 1.29 bits per heavy atom. The highest BCUT2D eigenvalue weighted by Gasteiger charge is 2.18. The second kappa shape index (κ2) is 7.24. The van der Waals surface area contributed by atoms with E-state index in [1.54, 1.807) is 6.07 Å². The lowest BCUT2D eigenvalue weighted by molar-refractivity contribution is 0.344. The Hall–Kier alpha value is -2.04. The third-order valence-electron chi connectivity index (χ3n) is 3.98. The van der Waals surface area contributed by atoms with Crippen molar-refractivity contribution in [3.63, 3.8) is 0 Å². The topological polar surface area (TPSA) is 102 Å². The van der Waals surface area contributed by atoms with Crippen LogP contribution in [0.2, 0.25) is 0 Å². The molecule has 2 aromatic rings. The van der Waals surface area contributed by atoms with Gasteiger partial charge in [0.05, 0.1) is 12.0 Å². The average molecular weight is 352 g/mol. The molecule has 3 rings (SSSR count). The fraction of sp³-hybridized carbons (Fsp3) is 0.500. The summed E-state index contributed by atoms with van der Waals surface area (Å²) in [5.74, 6) is 0.379. The van der Waals surface area contributed by atoms with Crippen LogP contribution in [-0.2, 0) is 10.0 Å². The summed E-state index contributed by atoms with van der Waals surface area (Å²) in [6.45, 7) is 3.19. The Kier molecular flexibility index (Phi) is 5.07. The van der Waals surface area contributed by atoms with Gasteiger partial charge in [0.25, 0.3) is 0 Å². The van der Waals surface area contributed by atoms with Crippen molar-refractivity contribution in [1.82, 2.24) is 29.8 Å². The molecule has 130 valence electrons. The molecule has 10 heteroatoms. The molecular weight excluding hydrogens is 332 g/mol. The van der Waals surface area contributed by atoms with Crippen molar-refractivity contribution in [3.8, 4) is 11.4 Å². The normalized spacial score (nSPS) is 15.7. The van der Waals surface area contributed by atoms with E-state index >= 15 is 0 Å². The minimum absolute atomic E-state index is 0.151. The average Bonchev–Trinajstić information content (AvgIpc) is 3.27. The lowest BCUT2D eigenvalue weighted by atomic mass is 10.3. The predicted octanol–water partition coefficient (Wildman–Crippen LogP) is 0.0450. The number of likely N-dealkylation sites (tertiary alicyclic amines) is 1. The summed E-state index contributed by atoms with van der Waals surface area (Å²) in [5.41, 5.74) is 0.568. The lowest BCUT2D eigenvalue weighted by Gasteiger charge is -2.15.